The standard InChI is InChI=1S/C22H25N5O3.C12H17N5/c1-15-10-19(26-21(25-15)27-9-8-23-13-27)22(2,3)12-24-20(28)7-5-16-4-6-17-18(11-16)30-14-29-17;1-9-6-10(12(2,3)7-13)16-11(15-9)17-5-4-14-8-17/h4,6,8-11,13H,5,7,12,14H2,1-3H3,(H,24,28);4-6,8H,7,13H2,1-3H3. The topological polar surface area (TPSA) is 161 Å². The van der Waals surface area contributed by atoms with Crippen molar-refractivity contribution in [2.45, 2.75) is 65.2 Å². The maximum atomic E-state index is 12.4. The largest absolute Gasteiger partial charge is 0.454 e. The highest BCUT2D eigenvalue weighted by atomic mass is 16.7. The van der Waals surface area contributed by atoms with E-state index >= 15 is 0 Å². The number of imidazole rings is 2. The number of amides is 1. The lowest BCUT2D eigenvalue weighted by Gasteiger charge is -2.25. The second-order valence-electron chi connectivity index (χ2n) is 12.8. The molecule has 0 saturated carbocycles. The fourth-order valence-corrected chi connectivity index (χ4v) is 4.74. The Balaban J connectivity index is 0.000000216. The summed E-state index contributed by atoms with van der Waals surface area (Å²) >= 11 is 0. The first-order chi connectivity index (χ1) is 22.4. The summed E-state index contributed by atoms with van der Waals surface area (Å²) in [5.74, 6) is 2.70. The second-order valence-corrected chi connectivity index (χ2v) is 12.8. The van der Waals surface area contributed by atoms with E-state index in [4.69, 9.17) is 15.2 Å². The number of fused-ring (bicyclic) bond motifs is 1. The number of aryl methyl sites for hydroxylation is 3. The lowest BCUT2D eigenvalue weighted by atomic mass is 9.88. The first-order valence-corrected chi connectivity index (χ1v) is 15.5. The van der Waals surface area contributed by atoms with Crippen molar-refractivity contribution in [3.8, 4) is 23.4 Å². The van der Waals surface area contributed by atoms with E-state index in [9.17, 15) is 4.79 Å². The summed E-state index contributed by atoms with van der Waals surface area (Å²) in [7, 11) is 0. The van der Waals surface area contributed by atoms with E-state index in [2.05, 4.69) is 62.9 Å². The quantitative estimate of drug-likeness (QED) is 0.229. The molecule has 1 aliphatic rings. The smallest absolute Gasteiger partial charge is 0.235 e. The number of aromatic nitrogens is 8. The minimum absolute atomic E-state index is 0.00125. The van der Waals surface area contributed by atoms with Crippen molar-refractivity contribution in [2.24, 2.45) is 5.73 Å². The molecule has 1 amide bonds. The van der Waals surface area contributed by atoms with Gasteiger partial charge in [0.25, 0.3) is 0 Å². The van der Waals surface area contributed by atoms with E-state index < -0.39 is 0 Å². The van der Waals surface area contributed by atoms with Gasteiger partial charge in [0.15, 0.2) is 11.5 Å². The molecule has 0 atom stereocenters. The van der Waals surface area contributed by atoms with Gasteiger partial charge >= 0.3 is 0 Å². The van der Waals surface area contributed by atoms with Gasteiger partial charge in [0, 0.05) is 66.5 Å². The second kappa shape index (κ2) is 14.1. The summed E-state index contributed by atoms with van der Waals surface area (Å²) < 4.78 is 14.3. The summed E-state index contributed by atoms with van der Waals surface area (Å²) in [6.45, 7) is 13.4. The van der Waals surface area contributed by atoms with Gasteiger partial charge in [-0.3, -0.25) is 13.9 Å². The first-order valence-electron chi connectivity index (χ1n) is 15.5. The molecule has 3 N–H and O–H groups in total. The van der Waals surface area contributed by atoms with Gasteiger partial charge in [-0.05, 0) is 50.1 Å². The number of benzene rings is 1. The van der Waals surface area contributed by atoms with Crippen LogP contribution >= 0.6 is 0 Å². The molecule has 0 radical (unpaired) electrons. The highest BCUT2D eigenvalue weighted by Gasteiger charge is 2.25. The first kappa shape index (κ1) is 33.2. The van der Waals surface area contributed by atoms with Crippen LogP contribution in [0.1, 0.15) is 62.5 Å². The summed E-state index contributed by atoms with van der Waals surface area (Å²) in [6, 6.07) is 9.72. The molecule has 0 unspecified atom stereocenters. The lowest BCUT2D eigenvalue weighted by molar-refractivity contribution is -0.121. The van der Waals surface area contributed by atoms with Gasteiger partial charge in [0.1, 0.15) is 12.7 Å². The number of ether oxygens (including phenoxy) is 2. The van der Waals surface area contributed by atoms with Crippen molar-refractivity contribution in [3.05, 3.63) is 96.1 Å². The molecular weight excluding hydrogens is 596 g/mol. The Morgan fingerprint density at radius 2 is 1.40 bits per heavy atom. The van der Waals surface area contributed by atoms with E-state index in [-0.39, 0.29) is 23.5 Å². The third kappa shape index (κ3) is 8.36. The number of carbonyl (C=O) groups excluding carboxylic acids is 1. The average Bonchev–Trinajstić information content (AvgIpc) is 3.86. The molecule has 0 spiro atoms. The van der Waals surface area contributed by atoms with E-state index in [1.807, 2.05) is 56.6 Å². The third-order valence-corrected chi connectivity index (χ3v) is 7.86. The monoisotopic (exact) mass is 638 g/mol. The molecule has 0 aliphatic carbocycles. The van der Waals surface area contributed by atoms with Crippen LogP contribution in [0.3, 0.4) is 0 Å². The summed E-state index contributed by atoms with van der Waals surface area (Å²) in [5.41, 5.74) is 9.95. The molecule has 6 rings (SSSR count). The van der Waals surface area contributed by atoms with Crippen LogP contribution in [0.15, 0.2) is 67.8 Å². The molecule has 4 aromatic heterocycles. The highest BCUT2D eigenvalue weighted by Crippen LogP contribution is 2.32. The van der Waals surface area contributed by atoms with Crippen LogP contribution in [0, 0.1) is 13.8 Å². The molecule has 0 fully saturated rings. The number of carbonyl (C=O) groups is 1. The van der Waals surface area contributed by atoms with Crippen LogP contribution in [-0.4, -0.2) is 64.8 Å². The lowest BCUT2D eigenvalue weighted by Crippen LogP contribution is -2.37. The Hall–Kier alpha value is -5.17. The van der Waals surface area contributed by atoms with Crippen molar-refractivity contribution in [1.29, 1.82) is 0 Å². The maximum Gasteiger partial charge on any atom is 0.235 e. The van der Waals surface area contributed by atoms with Crippen molar-refractivity contribution in [2.75, 3.05) is 19.9 Å². The molecule has 246 valence electrons. The summed E-state index contributed by atoms with van der Waals surface area (Å²) in [6.07, 6.45) is 11.4. The number of nitrogens with zero attached hydrogens (tertiary/aromatic N) is 8. The Morgan fingerprint density at radius 3 is 1.96 bits per heavy atom. The van der Waals surface area contributed by atoms with Gasteiger partial charge in [0.2, 0.25) is 24.6 Å². The number of nitrogens with two attached hydrogens (primary N) is 1. The zero-order valence-electron chi connectivity index (χ0n) is 27.8. The summed E-state index contributed by atoms with van der Waals surface area (Å²) in [4.78, 5) is 38.6. The van der Waals surface area contributed by atoms with Gasteiger partial charge < -0.3 is 20.5 Å². The zero-order valence-corrected chi connectivity index (χ0v) is 27.8. The molecular formula is C34H42N10O3. The zero-order chi connectivity index (χ0) is 33.6. The van der Waals surface area contributed by atoms with Crippen molar-refractivity contribution >= 4 is 5.91 Å². The minimum atomic E-state index is -0.350. The molecule has 1 aromatic carbocycles. The average molecular weight is 639 g/mol. The number of rotatable bonds is 10. The minimum Gasteiger partial charge on any atom is -0.454 e. The fraction of sp³-hybridized carbons (Fsp3) is 0.382. The molecule has 13 heteroatoms. The van der Waals surface area contributed by atoms with Crippen LogP contribution in [0.4, 0.5) is 0 Å². The Kier molecular flexibility index (Phi) is 9.95. The van der Waals surface area contributed by atoms with Crippen molar-refractivity contribution < 1.29 is 14.3 Å². The van der Waals surface area contributed by atoms with Crippen LogP contribution < -0.4 is 20.5 Å². The van der Waals surface area contributed by atoms with Gasteiger partial charge in [-0.2, -0.15) is 0 Å². The molecule has 5 heterocycles. The van der Waals surface area contributed by atoms with E-state index in [1.54, 1.807) is 34.2 Å². The van der Waals surface area contributed by atoms with E-state index in [1.165, 1.54) is 0 Å². The van der Waals surface area contributed by atoms with Gasteiger partial charge in [0.05, 0.1) is 11.4 Å². The molecule has 5 aromatic rings. The normalized spacial score (nSPS) is 12.4. The molecule has 0 saturated heterocycles. The Morgan fingerprint density at radius 1 is 0.830 bits per heavy atom. The van der Waals surface area contributed by atoms with Crippen LogP contribution in [0.2, 0.25) is 0 Å². The van der Waals surface area contributed by atoms with E-state index in [0.29, 0.717) is 37.8 Å². The van der Waals surface area contributed by atoms with Crippen LogP contribution in [0.25, 0.3) is 11.9 Å². The van der Waals surface area contributed by atoms with Gasteiger partial charge in [-0.15, -0.1) is 0 Å². The van der Waals surface area contributed by atoms with E-state index in [0.717, 1.165) is 39.8 Å². The Labute approximate surface area is 274 Å². The van der Waals surface area contributed by atoms with Crippen LogP contribution in [-0.2, 0) is 22.0 Å². The molecule has 13 nitrogen and oxygen atoms in total. The van der Waals surface area contributed by atoms with Crippen molar-refractivity contribution in [1.82, 2.24) is 44.4 Å². The number of nitrogens with one attached hydrogen (secondary N) is 1. The predicted octanol–water partition coefficient (Wildman–Crippen LogP) is 3.93. The third-order valence-electron chi connectivity index (χ3n) is 7.86. The molecule has 47 heavy (non-hydrogen) atoms. The summed E-state index contributed by atoms with van der Waals surface area (Å²) in [5, 5.41) is 3.04. The molecule has 0 bridgehead atoms. The van der Waals surface area contributed by atoms with Gasteiger partial charge in [-0.1, -0.05) is 33.8 Å². The molecule has 1 aliphatic heterocycles. The predicted molar refractivity (Wildman–Crippen MR) is 177 cm³/mol. The Bertz CT molecular complexity index is 1800. The number of hydrogen-bond acceptors (Lipinski definition) is 10. The van der Waals surface area contributed by atoms with Crippen LogP contribution in [0.5, 0.6) is 11.5 Å². The number of hydrogen-bond donors (Lipinski definition) is 2. The van der Waals surface area contributed by atoms with Crippen molar-refractivity contribution in [3.63, 3.8) is 0 Å². The van der Waals surface area contributed by atoms with Gasteiger partial charge in [-0.25, -0.2) is 29.9 Å². The maximum absolute atomic E-state index is 12.4. The highest BCUT2D eigenvalue weighted by molar-refractivity contribution is 5.76. The SMILES string of the molecule is Cc1cc(C(C)(C)CN)nc(-n2ccnc2)n1.Cc1cc(C(C)(C)CNC(=O)CCc2ccc3c(c2)OCO3)nc(-n2ccnc2)n1. The fourth-order valence-electron chi connectivity index (χ4n) is 4.74.